The highest BCUT2D eigenvalue weighted by molar-refractivity contribution is 5.86. The van der Waals surface area contributed by atoms with Gasteiger partial charge in [0.2, 0.25) is 0 Å². The second kappa shape index (κ2) is 3.81. The molecular formula is C12H10O4. The first-order chi connectivity index (χ1) is 7.58. The lowest BCUT2D eigenvalue weighted by atomic mass is 10.1. The van der Waals surface area contributed by atoms with E-state index in [1.807, 2.05) is 19.1 Å². The van der Waals surface area contributed by atoms with Crippen LogP contribution in [0.4, 0.5) is 0 Å². The van der Waals surface area contributed by atoms with Crippen LogP contribution in [0.5, 0.6) is 0 Å². The molecule has 2 aromatic rings. The van der Waals surface area contributed by atoms with Gasteiger partial charge in [-0.25, -0.2) is 4.79 Å². The van der Waals surface area contributed by atoms with Crippen LogP contribution < -0.4 is 5.63 Å². The lowest BCUT2D eigenvalue weighted by Crippen LogP contribution is -2.06. The molecule has 1 N–H and O–H groups in total. The number of benzene rings is 1. The molecule has 0 radical (unpaired) electrons. The van der Waals surface area contributed by atoms with Crippen LogP contribution in [0.25, 0.3) is 11.0 Å². The van der Waals surface area contributed by atoms with Gasteiger partial charge in [0.25, 0.3) is 0 Å². The van der Waals surface area contributed by atoms with E-state index in [1.54, 1.807) is 6.07 Å². The maximum absolute atomic E-state index is 11.3. The predicted molar refractivity (Wildman–Crippen MR) is 58.6 cm³/mol. The van der Waals surface area contributed by atoms with Crippen LogP contribution in [-0.4, -0.2) is 11.1 Å². The summed E-state index contributed by atoms with van der Waals surface area (Å²) in [5, 5.41) is 9.44. The van der Waals surface area contributed by atoms with Gasteiger partial charge in [0.05, 0.1) is 6.42 Å². The quantitative estimate of drug-likeness (QED) is 0.779. The van der Waals surface area contributed by atoms with E-state index in [4.69, 9.17) is 9.52 Å². The summed E-state index contributed by atoms with van der Waals surface area (Å²) < 4.78 is 5.07. The molecule has 0 amide bonds. The third-order valence-corrected chi connectivity index (χ3v) is 2.39. The maximum Gasteiger partial charge on any atom is 0.336 e. The summed E-state index contributed by atoms with van der Waals surface area (Å²) in [6.07, 6.45) is -0.175. The molecule has 4 nitrogen and oxygen atoms in total. The Labute approximate surface area is 91.1 Å². The average molecular weight is 218 g/mol. The Hall–Kier alpha value is -2.10. The third-order valence-electron chi connectivity index (χ3n) is 2.39. The molecule has 0 aliphatic rings. The summed E-state index contributed by atoms with van der Waals surface area (Å²) in [6, 6.07) is 6.61. The van der Waals surface area contributed by atoms with Gasteiger partial charge in [0, 0.05) is 11.5 Å². The number of carboxylic acid groups (broad SMARTS) is 1. The van der Waals surface area contributed by atoms with Crippen LogP contribution >= 0.6 is 0 Å². The van der Waals surface area contributed by atoms with Crippen molar-refractivity contribution in [1.82, 2.24) is 0 Å². The van der Waals surface area contributed by atoms with E-state index < -0.39 is 11.6 Å². The Balaban J connectivity index is 2.78. The average Bonchev–Trinajstić information content (AvgIpc) is 2.18. The maximum atomic E-state index is 11.3. The molecule has 0 saturated heterocycles. The minimum atomic E-state index is -0.964. The molecule has 0 fully saturated rings. The number of para-hydroxylation sites is 1. The van der Waals surface area contributed by atoms with E-state index in [-0.39, 0.29) is 6.42 Å². The van der Waals surface area contributed by atoms with Crippen LogP contribution in [0.1, 0.15) is 11.1 Å². The summed E-state index contributed by atoms with van der Waals surface area (Å²) >= 11 is 0. The molecule has 0 atom stereocenters. The Bertz CT molecular complexity index is 610. The molecule has 0 saturated carbocycles. The van der Waals surface area contributed by atoms with Crippen molar-refractivity contribution in [2.75, 3.05) is 0 Å². The van der Waals surface area contributed by atoms with E-state index >= 15 is 0 Å². The first-order valence-electron chi connectivity index (χ1n) is 4.82. The Kier molecular flexibility index (Phi) is 2.48. The monoisotopic (exact) mass is 218 g/mol. The number of aliphatic carboxylic acids is 1. The van der Waals surface area contributed by atoms with E-state index in [2.05, 4.69) is 0 Å². The van der Waals surface area contributed by atoms with Crippen molar-refractivity contribution in [3.63, 3.8) is 0 Å². The molecular weight excluding hydrogens is 208 g/mol. The SMILES string of the molecule is Cc1cccc2c(CC(=O)O)cc(=O)oc12. The van der Waals surface area contributed by atoms with Crippen molar-refractivity contribution in [2.45, 2.75) is 13.3 Å². The van der Waals surface area contributed by atoms with Crippen molar-refractivity contribution >= 4 is 16.9 Å². The van der Waals surface area contributed by atoms with Crippen molar-refractivity contribution in [3.8, 4) is 0 Å². The summed E-state index contributed by atoms with van der Waals surface area (Å²) in [5.41, 5.74) is 1.26. The van der Waals surface area contributed by atoms with Gasteiger partial charge in [0.15, 0.2) is 0 Å². The van der Waals surface area contributed by atoms with Gasteiger partial charge in [-0.15, -0.1) is 0 Å². The molecule has 0 unspecified atom stereocenters. The summed E-state index contributed by atoms with van der Waals surface area (Å²) in [5.74, 6) is -0.964. The highest BCUT2D eigenvalue weighted by Gasteiger charge is 2.09. The summed E-state index contributed by atoms with van der Waals surface area (Å²) in [4.78, 5) is 22.0. The summed E-state index contributed by atoms with van der Waals surface area (Å²) in [7, 11) is 0. The van der Waals surface area contributed by atoms with Crippen LogP contribution in [0.2, 0.25) is 0 Å². The molecule has 1 heterocycles. The highest BCUT2D eigenvalue weighted by atomic mass is 16.4. The number of fused-ring (bicyclic) bond motifs is 1. The van der Waals surface area contributed by atoms with Crippen molar-refractivity contribution < 1.29 is 14.3 Å². The van der Waals surface area contributed by atoms with Crippen LogP contribution in [0.15, 0.2) is 33.5 Å². The normalized spacial score (nSPS) is 10.6. The van der Waals surface area contributed by atoms with Gasteiger partial charge in [-0.3, -0.25) is 4.79 Å². The van der Waals surface area contributed by atoms with Gasteiger partial charge >= 0.3 is 11.6 Å². The molecule has 82 valence electrons. The van der Waals surface area contributed by atoms with Gasteiger partial charge in [-0.2, -0.15) is 0 Å². The highest BCUT2D eigenvalue weighted by Crippen LogP contribution is 2.20. The molecule has 16 heavy (non-hydrogen) atoms. The molecule has 0 aliphatic heterocycles. The first kappa shape index (κ1) is 10.4. The Morgan fingerprint density at radius 3 is 2.88 bits per heavy atom. The van der Waals surface area contributed by atoms with Crippen LogP contribution in [0, 0.1) is 6.92 Å². The number of rotatable bonds is 2. The standard InChI is InChI=1S/C12H10O4/c1-7-3-2-4-9-8(5-10(13)14)6-11(15)16-12(7)9/h2-4,6H,5H2,1H3,(H,13,14). The number of carbonyl (C=O) groups is 1. The summed E-state index contributed by atoms with van der Waals surface area (Å²) in [6.45, 7) is 1.82. The second-order valence-electron chi connectivity index (χ2n) is 3.61. The molecule has 0 spiro atoms. The van der Waals surface area contributed by atoms with Crippen molar-refractivity contribution in [1.29, 1.82) is 0 Å². The predicted octanol–water partition coefficient (Wildman–Crippen LogP) is 1.73. The minimum absolute atomic E-state index is 0.175. The molecule has 0 aliphatic carbocycles. The number of carboxylic acids is 1. The van der Waals surface area contributed by atoms with Crippen LogP contribution in [0.3, 0.4) is 0 Å². The minimum Gasteiger partial charge on any atom is -0.481 e. The van der Waals surface area contributed by atoms with Gasteiger partial charge in [-0.1, -0.05) is 18.2 Å². The van der Waals surface area contributed by atoms with E-state index in [9.17, 15) is 9.59 Å². The van der Waals surface area contributed by atoms with E-state index in [0.717, 1.165) is 5.56 Å². The fourth-order valence-electron chi connectivity index (χ4n) is 1.70. The van der Waals surface area contributed by atoms with Crippen molar-refractivity contribution in [3.05, 3.63) is 45.8 Å². The molecule has 4 heteroatoms. The van der Waals surface area contributed by atoms with Gasteiger partial charge in [-0.05, 0) is 18.1 Å². The fraction of sp³-hybridized carbons (Fsp3) is 0.167. The first-order valence-corrected chi connectivity index (χ1v) is 4.82. The lowest BCUT2D eigenvalue weighted by molar-refractivity contribution is -0.136. The number of aryl methyl sites for hydroxylation is 1. The van der Waals surface area contributed by atoms with Gasteiger partial charge < -0.3 is 9.52 Å². The topological polar surface area (TPSA) is 67.5 Å². The molecule has 1 aromatic heterocycles. The third kappa shape index (κ3) is 1.82. The molecule has 1 aromatic carbocycles. The van der Waals surface area contributed by atoms with Crippen LogP contribution in [-0.2, 0) is 11.2 Å². The zero-order chi connectivity index (χ0) is 11.7. The number of hydrogen-bond acceptors (Lipinski definition) is 3. The molecule has 2 rings (SSSR count). The Morgan fingerprint density at radius 2 is 2.19 bits per heavy atom. The zero-order valence-corrected chi connectivity index (χ0v) is 8.69. The lowest BCUT2D eigenvalue weighted by Gasteiger charge is -2.04. The smallest absolute Gasteiger partial charge is 0.336 e. The largest absolute Gasteiger partial charge is 0.481 e. The zero-order valence-electron chi connectivity index (χ0n) is 8.69. The number of hydrogen-bond donors (Lipinski definition) is 1. The van der Waals surface area contributed by atoms with E-state index in [0.29, 0.717) is 16.5 Å². The Morgan fingerprint density at radius 1 is 1.44 bits per heavy atom. The van der Waals surface area contributed by atoms with E-state index in [1.165, 1.54) is 6.07 Å². The second-order valence-corrected chi connectivity index (χ2v) is 3.61. The van der Waals surface area contributed by atoms with Gasteiger partial charge in [0.1, 0.15) is 5.58 Å². The molecule has 0 bridgehead atoms. The fourth-order valence-corrected chi connectivity index (χ4v) is 1.70. The van der Waals surface area contributed by atoms with Crippen molar-refractivity contribution in [2.24, 2.45) is 0 Å².